The maximum absolute atomic E-state index is 5.22. The molecule has 1 aromatic carbocycles. The summed E-state index contributed by atoms with van der Waals surface area (Å²) in [5.41, 5.74) is 1.35. The van der Waals surface area contributed by atoms with Crippen LogP contribution in [0.4, 0.5) is 0 Å². The van der Waals surface area contributed by atoms with Gasteiger partial charge in [-0.15, -0.1) is 0 Å². The van der Waals surface area contributed by atoms with Gasteiger partial charge in [0.05, 0.1) is 7.11 Å². The van der Waals surface area contributed by atoms with Gasteiger partial charge < -0.3 is 15.4 Å². The number of rotatable bonds is 5. The van der Waals surface area contributed by atoms with Crippen LogP contribution in [0.1, 0.15) is 44.1 Å². The fourth-order valence-electron chi connectivity index (χ4n) is 3.96. The minimum Gasteiger partial charge on any atom is -0.497 e. The first-order valence-electron chi connectivity index (χ1n) is 8.46. The van der Waals surface area contributed by atoms with Crippen molar-refractivity contribution in [3.8, 4) is 5.75 Å². The lowest BCUT2D eigenvalue weighted by Gasteiger charge is -2.36. The Labute approximate surface area is 128 Å². The van der Waals surface area contributed by atoms with Crippen LogP contribution in [-0.2, 0) is 6.54 Å². The Kier molecular flexibility index (Phi) is 5.15. The quantitative estimate of drug-likeness (QED) is 0.873. The summed E-state index contributed by atoms with van der Waals surface area (Å²) in [6, 6.07) is 9.85. The maximum atomic E-state index is 5.22. The van der Waals surface area contributed by atoms with Gasteiger partial charge in [-0.05, 0) is 55.8 Å². The van der Waals surface area contributed by atoms with Crippen molar-refractivity contribution >= 4 is 0 Å². The van der Waals surface area contributed by atoms with Crippen LogP contribution >= 0.6 is 0 Å². The number of ether oxygens (including phenoxy) is 1. The largest absolute Gasteiger partial charge is 0.497 e. The van der Waals surface area contributed by atoms with Gasteiger partial charge in [0.25, 0.3) is 0 Å². The highest BCUT2D eigenvalue weighted by atomic mass is 16.5. The summed E-state index contributed by atoms with van der Waals surface area (Å²) < 4.78 is 5.22. The third-order valence-corrected chi connectivity index (χ3v) is 5.16. The van der Waals surface area contributed by atoms with Crippen molar-refractivity contribution in [3.05, 3.63) is 29.8 Å². The smallest absolute Gasteiger partial charge is 0.118 e. The van der Waals surface area contributed by atoms with E-state index in [-0.39, 0.29) is 0 Å². The zero-order chi connectivity index (χ0) is 14.5. The van der Waals surface area contributed by atoms with Crippen molar-refractivity contribution in [3.63, 3.8) is 0 Å². The molecule has 3 nitrogen and oxygen atoms in total. The van der Waals surface area contributed by atoms with Crippen LogP contribution in [0.3, 0.4) is 0 Å². The van der Waals surface area contributed by atoms with Crippen LogP contribution in [0.2, 0.25) is 0 Å². The summed E-state index contributed by atoms with van der Waals surface area (Å²) in [5, 5.41) is 7.53. The second-order valence-corrected chi connectivity index (χ2v) is 6.49. The standard InChI is InChI=1S/C18H28N2O/c1-21-15-10-8-14(9-11-15)13-20-18-6-3-2-5-16(18)17-7-4-12-19-17/h8-11,16-20H,2-7,12-13H2,1H3. The zero-order valence-corrected chi connectivity index (χ0v) is 13.1. The van der Waals surface area contributed by atoms with Crippen molar-refractivity contribution in [1.82, 2.24) is 10.6 Å². The third kappa shape index (κ3) is 3.78. The second-order valence-electron chi connectivity index (χ2n) is 6.49. The van der Waals surface area contributed by atoms with Crippen molar-refractivity contribution in [2.24, 2.45) is 5.92 Å². The fourth-order valence-corrected chi connectivity index (χ4v) is 3.96. The monoisotopic (exact) mass is 288 g/mol. The van der Waals surface area contributed by atoms with E-state index in [1.165, 1.54) is 50.6 Å². The first kappa shape index (κ1) is 14.9. The summed E-state index contributed by atoms with van der Waals surface area (Å²) in [4.78, 5) is 0. The van der Waals surface area contributed by atoms with Gasteiger partial charge in [0.1, 0.15) is 5.75 Å². The lowest BCUT2D eigenvalue weighted by molar-refractivity contribution is 0.213. The van der Waals surface area contributed by atoms with Gasteiger partial charge in [-0.1, -0.05) is 25.0 Å². The van der Waals surface area contributed by atoms with Crippen LogP contribution < -0.4 is 15.4 Å². The third-order valence-electron chi connectivity index (χ3n) is 5.16. The first-order chi connectivity index (χ1) is 10.4. The van der Waals surface area contributed by atoms with Crippen molar-refractivity contribution in [2.75, 3.05) is 13.7 Å². The minimum atomic E-state index is 0.677. The average Bonchev–Trinajstić information content (AvgIpc) is 3.08. The molecule has 2 N–H and O–H groups in total. The molecule has 1 heterocycles. The molecule has 1 saturated carbocycles. The topological polar surface area (TPSA) is 33.3 Å². The van der Waals surface area contributed by atoms with Crippen molar-refractivity contribution in [1.29, 1.82) is 0 Å². The number of hydrogen-bond acceptors (Lipinski definition) is 3. The highest BCUT2D eigenvalue weighted by molar-refractivity contribution is 5.27. The van der Waals surface area contributed by atoms with Crippen molar-refractivity contribution < 1.29 is 4.74 Å². The summed E-state index contributed by atoms with van der Waals surface area (Å²) in [5.74, 6) is 1.75. The molecule has 0 amide bonds. The zero-order valence-electron chi connectivity index (χ0n) is 13.1. The molecule has 1 aliphatic heterocycles. The second kappa shape index (κ2) is 7.28. The Balaban J connectivity index is 1.56. The molecular weight excluding hydrogens is 260 g/mol. The van der Waals surface area contributed by atoms with Crippen LogP contribution in [0.15, 0.2) is 24.3 Å². The molecule has 0 spiro atoms. The molecule has 3 rings (SSSR count). The number of methoxy groups -OCH3 is 1. The molecule has 0 radical (unpaired) electrons. The van der Waals surface area contributed by atoms with E-state index in [9.17, 15) is 0 Å². The van der Waals surface area contributed by atoms with Crippen LogP contribution in [0.5, 0.6) is 5.75 Å². The van der Waals surface area contributed by atoms with Gasteiger partial charge in [-0.3, -0.25) is 0 Å². The molecular formula is C18H28N2O. The Morgan fingerprint density at radius 2 is 1.90 bits per heavy atom. The van der Waals surface area contributed by atoms with E-state index in [4.69, 9.17) is 4.74 Å². The van der Waals surface area contributed by atoms with E-state index in [0.717, 1.165) is 24.3 Å². The predicted octanol–water partition coefficient (Wildman–Crippen LogP) is 3.10. The Morgan fingerprint density at radius 3 is 2.62 bits per heavy atom. The van der Waals surface area contributed by atoms with Crippen LogP contribution in [-0.4, -0.2) is 25.7 Å². The SMILES string of the molecule is COc1ccc(CNC2CCCCC2C2CCCN2)cc1. The minimum absolute atomic E-state index is 0.677. The van der Waals surface area contributed by atoms with Gasteiger partial charge >= 0.3 is 0 Å². The van der Waals surface area contributed by atoms with Gasteiger partial charge in [0, 0.05) is 18.6 Å². The number of hydrogen-bond donors (Lipinski definition) is 2. The van der Waals surface area contributed by atoms with Gasteiger partial charge in [0.15, 0.2) is 0 Å². The van der Waals surface area contributed by atoms with E-state index in [1.54, 1.807) is 7.11 Å². The molecule has 3 unspecified atom stereocenters. The van der Waals surface area contributed by atoms with E-state index < -0.39 is 0 Å². The summed E-state index contributed by atoms with van der Waals surface area (Å²) in [6.07, 6.45) is 8.22. The highest BCUT2D eigenvalue weighted by Gasteiger charge is 2.32. The molecule has 116 valence electrons. The lowest BCUT2D eigenvalue weighted by Crippen LogP contribution is -2.46. The fraction of sp³-hybridized carbons (Fsp3) is 0.667. The Hall–Kier alpha value is -1.06. The normalized spacial score (nSPS) is 29.5. The molecule has 3 atom stereocenters. The van der Waals surface area contributed by atoms with E-state index in [2.05, 4.69) is 22.8 Å². The average molecular weight is 288 g/mol. The van der Waals surface area contributed by atoms with Gasteiger partial charge in [-0.25, -0.2) is 0 Å². The molecule has 0 aromatic heterocycles. The van der Waals surface area contributed by atoms with Crippen LogP contribution in [0.25, 0.3) is 0 Å². The molecule has 1 saturated heterocycles. The maximum Gasteiger partial charge on any atom is 0.118 e. The van der Waals surface area contributed by atoms with E-state index in [0.29, 0.717) is 6.04 Å². The highest BCUT2D eigenvalue weighted by Crippen LogP contribution is 2.30. The predicted molar refractivity (Wildman–Crippen MR) is 86.6 cm³/mol. The van der Waals surface area contributed by atoms with E-state index in [1.807, 2.05) is 12.1 Å². The van der Waals surface area contributed by atoms with Gasteiger partial charge in [0.2, 0.25) is 0 Å². The number of benzene rings is 1. The molecule has 0 bridgehead atoms. The first-order valence-corrected chi connectivity index (χ1v) is 8.46. The number of nitrogens with one attached hydrogen (secondary N) is 2. The van der Waals surface area contributed by atoms with Crippen LogP contribution in [0, 0.1) is 5.92 Å². The van der Waals surface area contributed by atoms with Gasteiger partial charge in [-0.2, -0.15) is 0 Å². The molecule has 1 aliphatic carbocycles. The van der Waals surface area contributed by atoms with Crippen molar-refractivity contribution in [2.45, 2.75) is 57.2 Å². The molecule has 2 fully saturated rings. The lowest BCUT2D eigenvalue weighted by atomic mass is 9.79. The molecule has 2 aliphatic rings. The Morgan fingerprint density at radius 1 is 1.10 bits per heavy atom. The summed E-state index contributed by atoms with van der Waals surface area (Å²) in [7, 11) is 1.72. The molecule has 1 aromatic rings. The summed E-state index contributed by atoms with van der Waals surface area (Å²) >= 11 is 0. The Bertz CT molecular complexity index is 425. The summed E-state index contributed by atoms with van der Waals surface area (Å²) in [6.45, 7) is 2.18. The molecule has 21 heavy (non-hydrogen) atoms. The molecule has 3 heteroatoms. The van der Waals surface area contributed by atoms with E-state index >= 15 is 0 Å².